The third-order valence-electron chi connectivity index (χ3n) is 3.98. The van der Waals surface area contributed by atoms with Crippen molar-refractivity contribution < 1.29 is 9.52 Å². The van der Waals surface area contributed by atoms with Crippen LogP contribution in [0.3, 0.4) is 0 Å². The van der Waals surface area contributed by atoms with Crippen LogP contribution in [0, 0.1) is 0 Å². The molecule has 1 aromatic heterocycles. The number of nitrogens with zero attached hydrogens (tertiary/aromatic N) is 4. The summed E-state index contributed by atoms with van der Waals surface area (Å²) in [5, 5.41) is 17.5. The molecule has 2 aromatic carbocycles. The monoisotopic (exact) mass is 350 g/mol. The topological polar surface area (TPSA) is 74.2 Å². The zero-order chi connectivity index (χ0) is 18.2. The molecule has 1 heterocycles. The van der Waals surface area contributed by atoms with Gasteiger partial charge in [-0.25, -0.2) is 4.98 Å². The Kier molecular flexibility index (Phi) is 6.24. The van der Waals surface area contributed by atoms with E-state index in [2.05, 4.69) is 44.4 Å². The number of hydrogen-bond acceptors (Lipinski definition) is 6. The number of likely N-dealkylation sites (N-methyl/N-ethyl adjacent to an activating group) is 1. The van der Waals surface area contributed by atoms with Gasteiger partial charge in [0.15, 0.2) is 12.2 Å². The summed E-state index contributed by atoms with van der Waals surface area (Å²) >= 11 is 0. The molecule has 0 unspecified atom stereocenters. The molecule has 0 bridgehead atoms. The van der Waals surface area contributed by atoms with E-state index in [0.717, 1.165) is 29.1 Å². The van der Waals surface area contributed by atoms with Gasteiger partial charge in [-0.1, -0.05) is 24.3 Å². The highest BCUT2D eigenvalue weighted by atomic mass is 16.3. The Morgan fingerprint density at radius 3 is 2.42 bits per heavy atom. The highest BCUT2D eigenvalue weighted by Crippen LogP contribution is 2.22. The Labute approximate surface area is 152 Å². The Hall–Kier alpha value is -2.83. The van der Waals surface area contributed by atoms with Crippen molar-refractivity contribution in [1.82, 2.24) is 9.88 Å². The Bertz CT molecular complexity index is 812. The Balaban J connectivity index is 1.53. The molecule has 0 saturated carbocycles. The lowest BCUT2D eigenvalue weighted by Gasteiger charge is -2.14. The van der Waals surface area contributed by atoms with E-state index < -0.39 is 0 Å². The van der Waals surface area contributed by atoms with Gasteiger partial charge in [-0.15, -0.1) is 0 Å². The summed E-state index contributed by atoms with van der Waals surface area (Å²) in [5.41, 5.74) is 4.09. The first-order chi connectivity index (χ1) is 12.7. The molecule has 0 fully saturated rings. The number of aliphatic hydroxyl groups excluding tert-OH is 1. The van der Waals surface area contributed by atoms with Crippen LogP contribution in [0.15, 0.2) is 75.8 Å². The third kappa shape index (κ3) is 5.08. The Morgan fingerprint density at radius 2 is 1.77 bits per heavy atom. The number of hydrogen-bond donors (Lipinski definition) is 1. The van der Waals surface area contributed by atoms with Crippen molar-refractivity contribution in [3.05, 3.63) is 72.2 Å². The molecule has 6 heteroatoms. The molecular weight excluding hydrogens is 328 g/mol. The summed E-state index contributed by atoms with van der Waals surface area (Å²) in [6, 6.07) is 16.0. The molecule has 0 radical (unpaired) electrons. The maximum atomic E-state index is 8.94. The van der Waals surface area contributed by atoms with Gasteiger partial charge in [0.1, 0.15) is 0 Å². The van der Waals surface area contributed by atoms with Crippen LogP contribution in [-0.4, -0.2) is 35.2 Å². The van der Waals surface area contributed by atoms with Gasteiger partial charge in [-0.05, 0) is 42.4 Å². The normalized spacial score (nSPS) is 11.5. The molecule has 0 saturated heterocycles. The first-order valence-corrected chi connectivity index (χ1v) is 8.48. The fourth-order valence-electron chi connectivity index (χ4n) is 2.56. The summed E-state index contributed by atoms with van der Waals surface area (Å²) in [7, 11) is 1.99. The molecule has 0 amide bonds. The molecule has 0 aliphatic heterocycles. The maximum absolute atomic E-state index is 8.94. The number of azo groups is 1. The van der Waals surface area contributed by atoms with Crippen molar-refractivity contribution in [2.24, 2.45) is 10.2 Å². The van der Waals surface area contributed by atoms with Gasteiger partial charge in [0.2, 0.25) is 0 Å². The quantitative estimate of drug-likeness (QED) is 0.622. The molecule has 0 spiro atoms. The number of oxazole rings is 1. The van der Waals surface area contributed by atoms with Crippen molar-refractivity contribution in [2.45, 2.75) is 13.1 Å². The minimum absolute atomic E-state index is 0.175. The van der Waals surface area contributed by atoms with Gasteiger partial charge >= 0.3 is 0 Å². The van der Waals surface area contributed by atoms with Crippen LogP contribution in [0.2, 0.25) is 0 Å². The van der Waals surface area contributed by atoms with Crippen LogP contribution in [0.25, 0.3) is 11.3 Å². The highest BCUT2D eigenvalue weighted by Gasteiger charge is 2.01. The van der Waals surface area contributed by atoms with Gasteiger partial charge in [-0.3, -0.25) is 4.90 Å². The van der Waals surface area contributed by atoms with Crippen molar-refractivity contribution in [3.63, 3.8) is 0 Å². The minimum Gasteiger partial charge on any atom is -0.444 e. The largest absolute Gasteiger partial charge is 0.444 e. The van der Waals surface area contributed by atoms with Gasteiger partial charge in [0.05, 0.1) is 25.0 Å². The third-order valence-corrected chi connectivity index (χ3v) is 3.98. The zero-order valence-electron chi connectivity index (χ0n) is 14.7. The number of rotatable bonds is 8. The molecule has 0 atom stereocenters. The van der Waals surface area contributed by atoms with Crippen molar-refractivity contribution in [2.75, 3.05) is 20.2 Å². The van der Waals surface area contributed by atoms with Crippen LogP contribution in [-0.2, 0) is 13.1 Å². The summed E-state index contributed by atoms with van der Waals surface area (Å²) in [5.74, 6) is 0.734. The lowest BCUT2D eigenvalue weighted by molar-refractivity contribution is 0.217. The lowest BCUT2D eigenvalue weighted by atomic mass is 10.1. The van der Waals surface area contributed by atoms with Crippen molar-refractivity contribution in [1.29, 1.82) is 0 Å². The van der Waals surface area contributed by atoms with E-state index in [4.69, 9.17) is 9.52 Å². The summed E-state index contributed by atoms with van der Waals surface area (Å²) < 4.78 is 5.26. The predicted octanol–water partition coefficient (Wildman–Crippen LogP) is 4.05. The highest BCUT2D eigenvalue weighted by molar-refractivity contribution is 5.59. The van der Waals surface area contributed by atoms with E-state index in [1.54, 1.807) is 6.20 Å². The van der Waals surface area contributed by atoms with Gasteiger partial charge in [-0.2, -0.15) is 10.2 Å². The van der Waals surface area contributed by atoms with Gasteiger partial charge in [0.25, 0.3) is 0 Å². The van der Waals surface area contributed by atoms with Crippen molar-refractivity contribution >= 4 is 5.69 Å². The predicted molar refractivity (Wildman–Crippen MR) is 100 cm³/mol. The number of aliphatic hydroxyl groups is 1. The molecule has 1 N–H and O–H groups in total. The summed E-state index contributed by atoms with van der Waals surface area (Å²) in [6.07, 6.45) is 3.10. The number of benzene rings is 2. The molecule has 3 rings (SSSR count). The fraction of sp³-hybridized carbons (Fsp3) is 0.250. The second-order valence-electron chi connectivity index (χ2n) is 6.09. The van der Waals surface area contributed by atoms with E-state index in [1.165, 1.54) is 12.0 Å². The standard InChI is InChI=1S/C20H22N4O2/c1-24(10-11-25)14-17-4-2-16(3-5-17)12-22-23-19-8-6-18(7-9-19)20-13-21-15-26-20/h2-9,13,15,25H,10-12,14H2,1H3. The van der Waals surface area contributed by atoms with Crippen LogP contribution >= 0.6 is 0 Å². The SMILES string of the molecule is CN(CCO)Cc1ccc(CN=Nc2ccc(-c3cnco3)cc2)cc1. The molecular formula is C20H22N4O2. The number of aromatic nitrogens is 1. The first kappa shape index (κ1) is 18.0. The molecule has 0 aliphatic carbocycles. The Morgan fingerprint density at radius 1 is 1.04 bits per heavy atom. The molecule has 6 nitrogen and oxygen atoms in total. The molecule has 3 aromatic rings. The maximum Gasteiger partial charge on any atom is 0.181 e. The smallest absolute Gasteiger partial charge is 0.181 e. The molecule has 134 valence electrons. The van der Waals surface area contributed by atoms with E-state index in [-0.39, 0.29) is 6.61 Å². The first-order valence-electron chi connectivity index (χ1n) is 8.48. The van der Waals surface area contributed by atoms with E-state index in [1.807, 2.05) is 31.3 Å². The van der Waals surface area contributed by atoms with Gasteiger partial charge in [0, 0.05) is 18.7 Å². The second kappa shape index (κ2) is 9.03. The lowest BCUT2D eigenvalue weighted by Crippen LogP contribution is -2.21. The summed E-state index contributed by atoms with van der Waals surface area (Å²) in [6.45, 7) is 2.20. The van der Waals surface area contributed by atoms with E-state index in [0.29, 0.717) is 13.1 Å². The van der Waals surface area contributed by atoms with Crippen LogP contribution in [0.1, 0.15) is 11.1 Å². The van der Waals surface area contributed by atoms with Crippen molar-refractivity contribution in [3.8, 4) is 11.3 Å². The average molecular weight is 350 g/mol. The average Bonchev–Trinajstić information content (AvgIpc) is 3.19. The molecule has 26 heavy (non-hydrogen) atoms. The molecule has 0 aliphatic rings. The van der Waals surface area contributed by atoms with Crippen LogP contribution in [0.5, 0.6) is 0 Å². The van der Waals surface area contributed by atoms with Crippen LogP contribution in [0.4, 0.5) is 5.69 Å². The van der Waals surface area contributed by atoms with E-state index in [9.17, 15) is 0 Å². The van der Waals surface area contributed by atoms with Crippen LogP contribution < -0.4 is 0 Å². The zero-order valence-corrected chi connectivity index (χ0v) is 14.7. The minimum atomic E-state index is 0.175. The summed E-state index contributed by atoms with van der Waals surface area (Å²) in [4.78, 5) is 5.99. The van der Waals surface area contributed by atoms with Gasteiger partial charge < -0.3 is 9.52 Å². The van der Waals surface area contributed by atoms with E-state index >= 15 is 0 Å². The second-order valence-corrected chi connectivity index (χ2v) is 6.09. The fourth-order valence-corrected chi connectivity index (χ4v) is 2.56.